The molecular formula is C15H21BrN2O. The molecule has 2 rings (SSSR count). The number of rotatable bonds is 3. The maximum atomic E-state index is 12.2. The topological polar surface area (TPSA) is 55.1 Å². The van der Waals surface area contributed by atoms with Crippen LogP contribution in [0.1, 0.15) is 49.4 Å². The molecule has 1 aromatic carbocycles. The Labute approximate surface area is 123 Å². The molecule has 0 aliphatic heterocycles. The predicted molar refractivity (Wildman–Crippen MR) is 82.1 cm³/mol. The van der Waals surface area contributed by atoms with Gasteiger partial charge in [0.25, 0.3) is 5.91 Å². The van der Waals surface area contributed by atoms with Gasteiger partial charge in [0.1, 0.15) is 0 Å². The van der Waals surface area contributed by atoms with Gasteiger partial charge in [-0.05, 0) is 65.7 Å². The standard InChI is InChI=1S/C15H21BrN2O/c1-2-10-3-6-12(7-4-10)18-15(19)13-9-11(17)5-8-14(13)16/h5,8-10,12H,2-4,6-7,17H2,1H3,(H,18,19). The van der Waals surface area contributed by atoms with Crippen molar-refractivity contribution in [1.82, 2.24) is 5.32 Å². The summed E-state index contributed by atoms with van der Waals surface area (Å²) in [5.74, 6) is 0.811. The second kappa shape index (κ2) is 6.42. The Morgan fingerprint density at radius 3 is 2.68 bits per heavy atom. The van der Waals surface area contributed by atoms with Gasteiger partial charge in [-0.25, -0.2) is 0 Å². The van der Waals surface area contributed by atoms with Crippen molar-refractivity contribution in [2.24, 2.45) is 5.92 Å². The minimum atomic E-state index is -0.0286. The van der Waals surface area contributed by atoms with E-state index < -0.39 is 0 Å². The molecule has 0 atom stereocenters. The van der Waals surface area contributed by atoms with E-state index in [1.807, 2.05) is 6.07 Å². The summed E-state index contributed by atoms with van der Waals surface area (Å²) in [5, 5.41) is 3.12. The van der Waals surface area contributed by atoms with Crippen LogP contribution in [-0.4, -0.2) is 11.9 Å². The van der Waals surface area contributed by atoms with E-state index in [1.54, 1.807) is 12.1 Å². The third-order valence-electron chi connectivity index (χ3n) is 3.99. The normalized spacial score (nSPS) is 23.1. The van der Waals surface area contributed by atoms with Crippen LogP contribution >= 0.6 is 15.9 Å². The molecule has 0 unspecified atom stereocenters. The molecule has 1 amide bonds. The monoisotopic (exact) mass is 324 g/mol. The minimum absolute atomic E-state index is 0.0286. The fourth-order valence-corrected chi connectivity index (χ4v) is 3.12. The number of nitrogens with one attached hydrogen (secondary N) is 1. The lowest BCUT2D eigenvalue weighted by Crippen LogP contribution is -2.37. The molecule has 0 bridgehead atoms. The summed E-state index contributed by atoms with van der Waals surface area (Å²) in [4.78, 5) is 12.2. The molecule has 0 spiro atoms. The second-order valence-corrected chi connectivity index (χ2v) is 6.19. The molecule has 0 saturated heterocycles. The molecule has 0 aromatic heterocycles. The Morgan fingerprint density at radius 2 is 2.05 bits per heavy atom. The van der Waals surface area contributed by atoms with Gasteiger partial charge in [0.2, 0.25) is 0 Å². The van der Waals surface area contributed by atoms with Crippen molar-refractivity contribution in [3.8, 4) is 0 Å². The highest BCUT2D eigenvalue weighted by Gasteiger charge is 2.22. The largest absolute Gasteiger partial charge is 0.399 e. The van der Waals surface area contributed by atoms with Gasteiger partial charge in [-0.3, -0.25) is 4.79 Å². The maximum absolute atomic E-state index is 12.2. The molecule has 3 N–H and O–H groups in total. The quantitative estimate of drug-likeness (QED) is 0.832. The number of hydrogen-bond acceptors (Lipinski definition) is 2. The van der Waals surface area contributed by atoms with E-state index in [4.69, 9.17) is 5.73 Å². The lowest BCUT2D eigenvalue weighted by Gasteiger charge is -2.28. The number of benzene rings is 1. The van der Waals surface area contributed by atoms with Gasteiger partial charge < -0.3 is 11.1 Å². The highest BCUT2D eigenvalue weighted by molar-refractivity contribution is 9.10. The summed E-state index contributed by atoms with van der Waals surface area (Å²) >= 11 is 3.40. The lowest BCUT2D eigenvalue weighted by molar-refractivity contribution is 0.0921. The summed E-state index contributed by atoms with van der Waals surface area (Å²) in [7, 11) is 0. The van der Waals surface area contributed by atoms with E-state index in [-0.39, 0.29) is 5.91 Å². The first kappa shape index (κ1) is 14.4. The molecule has 19 heavy (non-hydrogen) atoms. The Morgan fingerprint density at radius 1 is 1.37 bits per heavy atom. The van der Waals surface area contributed by atoms with Crippen molar-refractivity contribution in [2.75, 3.05) is 5.73 Å². The molecule has 1 fully saturated rings. The number of hydrogen-bond donors (Lipinski definition) is 2. The first-order valence-electron chi connectivity index (χ1n) is 6.96. The zero-order valence-corrected chi connectivity index (χ0v) is 12.9. The van der Waals surface area contributed by atoms with Crippen molar-refractivity contribution >= 4 is 27.5 Å². The van der Waals surface area contributed by atoms with Crippen LogP contribution in [0, 0.1) is 5.92 Å². The summed E-state index contributed by atoms with van der Waals surface area (Å²) in [6.07, 6.45) is 5.87. The lowest BCUT2D eigenvalue weighted by atomic mass is 9.84. The Balaban J connectivity index is 1.96. The molecule has 1 saturated carbocycles. The van der Waals surface area contributed by atoms with Crippen LogP contribution in [0.4, 0.5) is 5.69 Å². The second-order valence-electron chi connectivity index (χ2n) is 5.34. The SMILES string of the molecule is CCC1CCC(NC(=O)c2cc(N)ccc2Br)CC1. The van der Waals surface area contributed by atoms with Crippen LogP contribution in [0.25, 0.3) is 0 Å². The van der Waals surface area contributed by atoms with Crippen LogP contribution in [-0.2, 0) is 0 Å². The van der Waals surface area contributed by atoms with E-state index in [9.17, 15) is 4.79 Å². The van der Waals surface area contributed by atoms with Crippen LogP contribution in [0.2, 0.25) is 0 Å². The Hall–Kier alpha value is -1.03. The van der Waals surface area contributed by atoms with Crippen molar-refractivity contribution in [1.29, 1.82) is 0 Å². The number of carbonyl (C=O) groups is 1. The number of halogens is 1. The van der Waals surface area contributed by atoms with Crippen molar-refractivity contribution < 1.29 is 4.79 Å². The Kier molecular flexibility index (Phi) is 4.86. The molecule has 4 heteroatoms. The van der Waals surface area contributed by atoms with Gasteiger partial charge in [-0.1, -0.05) is 13.3 Å². The molecule has 1 aliphatic rings. The Bertz CT molecular complexity index is 453. The molecule has 104 valence electrons. The summed E-state index contributed by atoms with van der Waals surface area (Å²) in [6.45, 7) is 2.24. The number of carbonyl (C=O) groups excluding carboxylic acids is 1. The molecule has 1 aromatic rings. The highest BCUT2D eigenvalue weighted by atomic mass is 79.9. The molecular weight excluding hydrogens is 304 g/mol. The number of nitrogens with two attached hydrogens (primary N) is 1. The zero-order chi connectivity index (χ0) is 13.8. The molecule has 0 radical (unpaired) electrons. The number of nitrogen functional groups attached to an aromatic ring is 1. The maximum Gasteiger partial charge on any atom is 0.252 e. The predicted octanol–water partition coefficient (Wildman–Crippen LogP) is 3.73. The van der Waals surface area contributed by atoms with E-state index >= 15 is 0 Å². The van der Waals surface area contributed by atoms with Gasteiger partial charge in [0.15, 0.2) is 0 Å². The first-order chi connectivity index (χ1) is 9.10. The van der Waals surface area contributed by atoms with Gasteiger partial charge in [0.05, 0.1) is 5.56 Å². The van der Waals surface area contributed by atoms with Crippen LogP contribution in [0.3, 0.4) is 0 Å². The third-order valence-corrected chi connectivity index (χ3v) is 4.69. The van der Waals surface area contributed by atoms with Gasteiger partial charge in [-0.2, -0.15) is 0 Å². The molecule has 1 aliphatic carbocycles. The van der Waals surface area contributed by atoms with Crippen LogP contribution in [0.5, 0.6) is 0 Å². The first-order valence-corrected chi connectivity index (χ1v) is 7.75. The third kappa shape index (κ3) is 3.72. The average Bonchev–Trinajstić information content (AvgIpc) is 2.42. The van der Waals surface area contributed by atoms with Crippen molar-refractivity contribution in [2.45, 2.75) is 45.1 Å². The summed E-state index contributed by atoms with van der Waals surface area (Å²) in [5.41, 5.74) is 6.97. The fourth-order valence-electron chi connectivity index (χ4n) is 2.70. The van der Waals surface area contributed by atoms with E-state index in [1.165, 1.54) is 19.3 Å². The van der Waals surface area contributed by atoms with Crippen molar-refractivity contribution in [3.63, 3.8) is 0 Å². The minimum Gasteiger partial charge on any atom is -0.399 e. The molecule has 0 heterocycles. The van der Waals surface area contributed by atoms with Gasteiger partial charge in [-0.15, -0.1) is 0 Å². The highest BCUT2D eigenvalue weighted by Crippen LogP contribution is 2.27. The summed E-state index contributed by atoms with van der Waals surface area (Å²) < 4.78 is 0.793. The number of anilines is 1. The average molecular weight is 325 g/mol. The molecule has 3 nitrogen and oxygen atoms in total. The fraction of sp³-hybridized carbons (Fsp3) is 0.533. The van der Waals surface area contributed by atoms with E-state index in [2.05, 4.69) is 28.2 Å². The zero-order valence-electron chi connectivity index (χ0n) is 11.3. The van der Waals surface area contributed by atoms with Gasteiger partial charge in [0, 0.05) is 16.2 Å². The van der Waals surface area contributed by atoms with E-state index in [0.29, 0.717) is 17.3 Å². The smallest absolute Gasteiger partial charge is 0.252 e. The van der Waals surface area contributed by atoms with Crippen LogP contribution in [0.15, 0.2) is 22.7 Å². The van der Waals surface area contributed by atoms with Gasteiger partial charge >= 0.3 is 0 Å². The number of amides is 1. The van der Waals surface area contributed by atoms with Crippen LogP contribution < -0.4 is 11.1 Å². The van der Waals surface area contributed by atoms with E-state index in [0.717, 1.165) is 23.2 Å². The summed E-state index contributed by atoms with van der Waals surface area (Å²) in [6, 6.07) is 5.63. The van der Waals surface area contributed by atoms with Crippen molar-refractivity contribution in [3.05, 3.63) is 28.2 Å².